The Hall–Kier alpha value is -0.180. The van der Waals surface area contributed by atoms with Gasteiger partial charge in [0.05, 0.1) is 12.0 Å². The number of hydrogen-bond acceptors (Lipinski definition) is 4. The summed E-state index contributed by atoms with van der Waals surface area (Å²) in [6, 6.07) is -0.209. The topological polar surface area (TPSA) is 83.6 Å². The molecular weight excluding hydrogens is 264 g/mol. The van der Waals surface area contributed by atoms with Crippen molar-refractivity contribution >= 4 is 20.0 Å². The summed E-state index contributed by atoms with van der Waals surface area (Å²) >= 11 is 0. The summed E-state index contributed by atoms with van der Waals surface area (Å²) < 4.78 is 49.8. The smallest absolute Gasteiger partial charge is 0.213 e. The molecule has 6 nitrogen and oxygen atoms in total. The predicted molar refractivity (Wildman–Crippen MR) is 68.7 cm³/mol. The van der Waals surface area contributed by atoms with Gasteiger partial charge in [0.15, 0.2) is 0 Å². The maximum Gasteiger partial charge on any atom is 0.213 e. The van der Waals surface area contributed by atoms with Crippen LogP contribution in [-0.2, 0) is 20.0 Å². The third-order valence-electron chi connectivity index (χ3n) is 2.31. The minimum Gasteiger partial charge on any atom is -0.213 e. The Kier molecular flexibility index (Phi) is 5.16. The second kappa shape index (κ2) is 5.21. The molecule has 0 atom stereocenters. The van der Waals surface area contributed by atoms with Crippen LogP contribution in [0.2, 0.25) is 0 Å². The van der Waals surface area contributed by atoms with Crippen LogP contribution in [-0.4, -0.2) is 51.8 Å². The van der Waals surface area contributed by atoms with Gasteiger partial charge in [0.1, 0.15) is 0 Å². The van der Waals surface area contributed by atoms with Crippen molar-refractivity contribution in [3.8, 4) is 0 Å². The molecule has 0 aliphatic rings. The van der Waals surface area contributed by atoms with Crippen LogP contribution in [0.4, 0.5) is 0 Å². The van der Waals surface area contributed by atoms with Gasteiger partial charge in [0.25, 0.3) is 0 Å². The lowest BCUT2D eigenvalue weighted by Gasteiger charge is -2.33. The average molecular weight is 286 g/mol. The lowest BCUT2D eigenvalue weighted by Crippen LogP contribution is -2.51. The lowest BCUT2D eigenvalue weighted by molar-refractivity contribution is 0.295. The Morgan fingerprint density at radius 3 is 1.88 bits per heavy atom. The number of sulfonamides is 2. The predicted octanol–water partition coefficient (Wildman–Crippen LogP) is -0.0158. The van der Waals surface area contributed by atoms with E-state index in [9.17, 15) is 16.8 Å². The standard InChI is InChI=1S/C9H22N2O4S2/c1-8(2)10-17(14,15)7-9(3,4)11(5)16(6,12)13/h8,10H,7H2,1-6H3. The van der Waals surface area contributed by atoms with E-state index in [0.717, 1.165) is 10.6 Å². The van der Waals surface area contributed by atoms with Crippen molar-refractivity contribution < 1.29 is 16.8 Å². The van der Waals surface area contributed by atoms with E-state index in [0.29, 0.717) is 0 Å². The average Bonchev–Trinajstić information content (AvgIpc) is 1.95. The molecule has 0 amide bonds. The zero-order valence-corrected chi connectivity index (χ0v) is 12.8. The molecule has 0 saturated carbocycles. The van der Waals surface area contributed by atoms with Crippen LogP contribution in [0.5, 0.6) is 0 Å². The van der Waals surface area contributed by atoms with Crippen molar-refractivity contribution in [1.29, 1.82) is 0 Å². The molecule has 0 aliphatic heterocycles. The normalized spacial score (nSPS) is 14.6. The van der Waals surface area contributed by atoms with Gasteiger partial charge in [-0.2, -0.15) is 4.31 Å². The first-order valence-electron chi connectivity index (χ1n) is 5.22. The van der Waals surface area contributed by atoms with Gasteiger partial charge in [-0.05, 0) is 27.7 Å². The summed E-state index contributed by atoms with van der Waals surface area (Å²) in [5.74, 6) is -0.276. The highest BCUT2D eigenvalue weighted by molar-refractivity contribution is 7.90. The van der Waals surface area contributed by atoms with Crippen LogP contribution in [0.1, 0.15) is 27.7 Å². The van der Waals surface area contributed by atoms with E-state index >= 15 is 0 Å². The molecule has 0 fully saturated rings. The highest BCUT2D eigenvalue weighted by Crippen LogP contribution is 2.17. The fourth-order valence-corrected chi connectivity index (χ4v) is 4.37. The lowest BCUT2D eigenvalue weighted by atomic mass is 10.1. The van der Waals surface area contributed by atoms with E-state index in [4.69, 9.17) is 0 Å². The largest absolute Gasteiger partial charge is 0.213 e. The molecule has 0 saturated heterocycles. The zero-order valence-electron chi connectivity index (χ0n) is 11.2. The van der Waals surface area contributed by atoms with Crippen molar-refractivity contribution in [2.45, 2.75) is 39.3 Å². The van der Waals surface area contributed by atoms with E-state index in [2.05, 4.69) is 4.72 Å². The van der Waals surface area contributed by atoms with E-state index < -0.39 is 25.6 Å². The molecule has 0 aromatic carbocycles. The molecule has 0 aliphatic carbocycles. The third-order valence-corrected chi connectivity index (χ3v) is 5.71. The highest BCUT2D eigenvalue weighted by atomic mass is 32.2. The summed E-state index contributed by atoms with van der Waals surface area (Å²) in [5, 5.41) is 0. The summed E-state index contributed by atoms with van der Waals surface area (Å²) in [6.07, 6.45) is 1.05. The summed E-state index contributed by atoms with van der Waals surface area (Å²) in [6.45, 7) is 6.58. The third kappa shape index (κ3) is 5.80. The quantitative estimate of drug-likeness (QED) is 0.744. The minimum atomic E-state index is -3.50. The molecule has 0 rings (SSSR count). The molecular formula is C9H22N2O4S2. The first-order chi connectivity index (χ1) is 7.28. The molecule has 0 radical (unpaired) electrons. The van der Waals surface area contributed by atoms with Gasteiger partial charge in [-0.15, -0.1) is 0 Å². The van der Waals surface area contributed by atoms with Crippen molar-refractivity contribution in [2.75, 3.05) is 19.1 Å². The van der Waals surface area contributed by atoms with Gasteiger partial charge in [-0.3, -0.25) is 0 Å². The van der Waals surface area contributed by atoms with Gasteiger partial charge in [-0.25, -0.2) is 21.6 Å². The molecule has 0 aromatic rings. The van der Waals surface area contributed by atoms with Crippen LogP contribution in [0.3, 0.4) is 0 Å². The first kappa shape index (κ1) is 16.8. The second-order valence-electron chi connectivity index (χ2n) is 5.07. The molecule has 8 heteroatoms. The maximum absolute atomic E-state index is 11.8. The maximum atomic E-state index is 11.8. The van der Waals surface area contributed by atoms with Crippen LogP contribution >= 0.6 is 0 Å². The van der Waals surface area contributed by atoms with Gasteiger partial charge in [0.2, 0.25) is 20.0 Å². The summed E-state index contributed by atoms with van der Waals surface area (Å²) in [4.78, 5) is 0. The number of hydrogen-bond donors (Lipinski definition) is 1. The fraction of sp³-hybridized carbons (Fsp3) is 1.00. The molecule has 0 spiro atoms. The fourth-order valence-electron chi connectivity index (χ4n) is 1.41. The van der Waals surface area contributed by atoms with Gasteiger partial charge >= 0.3 is 0 Å². The van der Waals surface area contributed by atoms with Gasteiger partial charge < -0.3 is 0 Å². The molecule has 0 bridgehead atoms. The van der Waals surface area contributed by atoms with Crippen molar-refractivity contribution in [3.05, 3.63) is 0 Å². The number of rotatable bonds is 6. The van der Waals surface area contributed by atoms with Gasteiger partial charge in [-0.1, -0.05) is 0 Å². The molecule has 0 aromatic heterocycles. The molecule has 0 unspecified atom stereocenters. The van der Waals surface area contributed by atoms with Crippen LogP contribution in [0.25, 0.3) is 0 Å². The van der Waals surface area contributed by atoms with E-state index in [1.165, 1.54) is 7.05 Å². The second-order valence-corrected chi connectivity index (χ2v) is 8.84. The first-order valence-corrected chi connectivity index (χ1v) is 8.72. The van der Waals surface area contributed by atoms with E-state index in [1.54, 1.807) is 27.7 Å². The Balaban J connectivity index is 5.01. The van der Waals surface area contributed by atoms with Crippen LogP contribution in [0.15, 0.2) is 0 Å². The monoisotopic (exact) mass is 286 g/mol. The zero-order chi connectivity index (χ0) is 14.1. The SMILES string of the molecule is CC(C)NS(=O)(=O)CC(C)(C)N(C)S(C)(=O)=O. The van der Waals surface area contributed by atoms with E-state index in [1.807, 2.05) is 0 Å². The molecule has 104 valence electrons. The van der Waals surface area contributed by atoms with Crippen molar-refractivity contribution in [1.82, 2.24) is 9.03 Å². The Bertz CT molecular complexity index is 451. The Morgan fingerprint density at radius 1 is 1.18 bits per heavy atom. The summed E-state index contributed by atoms with van der Waals surface area (Å²) in [5.41, 5.74) is -0.992. The minimum absolute atomic E-state index is 0.209. The van der Waals surface area contributed by atoms with Crippen molar-refractivity contribution in [2.24, 2.45) is 0 Å². The Labute approximate surface area is 104 Å². The van der Waals surface area contributed by atoms with Gasteiger partial charge in [0, 0.05) is 18.6 Å². The number of nitrogens with zero attached hydrogens (tertiary/aromatic N) is 1. The van der Waals surface area contributed by atoms with Crippen molar-refractivity contribution in [3.63, 3.8) is 0 Å². The molecule has 1 N–H and O–H groups in total. The van der Waals surface area contributed by atoms with Crippen LogP contribution < -0.4 is 4.72 Å². The highest BCUT2D eigenvalue weighted by Gasteiger charge is 2.35. The number of nitrogens with one attached hydrogen (secondary N) is 1. The Morgan fingerprint density at radius 2 is 1.59 bits per heavy atom. The molecule has 0 heterocycles. The summed E-state index contributed by atoms with van der Waals surface area (Å²) in [7, 11) is -5.54. The van der Waals surface area contributed by atoms with E-state index in [-0.39, 0.29) is 11.8 Å². The molecule has 17 heavy (non-hydrogen) atoms. The van der Waals surface area contributed by atoms with Crippen LogP contribution in [0, 0.1) is 0 Å².